The van der Waals surface area contributed by atoms with E-state index in [0.29, 0.717) is 18.7 Å². The van der Waals surface area contributed by atoms with Gasteiger partial charge in [-0.05, 0) is 25.5 Å². The van der Waals surface area contributed by atoms with Crippen molar-refractivity contribution in [1.82, 2.24) is 0 Å². The maximum absolute atomic E-state index is 12.2. The predicted octanol–water partition coefficient (Wildman–Crippen LogP) is 2.44. The van der Waals surface area contributed by atoms with E-state index < -0.39 is 16.7 Å². The second-order valence-corrected chi connectivity index (χ2v) is 7.31. The summed E-state index contributed by atoms with van der Waals surface area (Å²) in [5.41, 5.74) is 6.28. The maximum Gasteiger partial charge on any atom is 0.237 e. The van der Waals surface area contributed by atoms with E-state index in [4.69, 9.17) is 33.7 Å². The molecule has 0 aromatic heterocycles. The highest BCUT2D eigenvalue weighted by Crippen LogP contribution is 2.32. The average molecular weight is 351 g/mol. The van der Waals surface area contributed by atoms with Crippen molar-refractivity contribution < 1.29 is 13.7 Å². The van der Waals surface area contributed by atoms with Crippen molar-refractivity contribution in [3.8, 4) is 0 Å². The van der Waals surface area contributed by atoms with Crippen LogP contribution in [0.3, 0.4) is 0 Å². The van der Waals surface area contributed by atoms with Crippen LogP contribution in [0, 0.1) is 0 Å². The summed E-state index contributed by atoms with van der Waals surface area (Å²) in [5.74, 6) is -0.518. The van der Waals surface area contributed by atoms with Gasteiger partial charge in [0.05, 0.1) is 27.1 Å². The van der Waals surface area contributed by atoms with E-state index in [1.54, 1.807) is 0 Å². The number of anilines is 2. The molecule has 1 heterocycles. The fourth-order valence-electron chi connectivity index (χ4n) is 2.18. The molecule has 0 spiro atoms. The first kappa shape index (κ1) is 16.5. The Morgan fingerprint density at radius 3 is 2.62 bits per heavy atom. The fourth-order valence-corrected chi connectivity index (χ4v) is 4.19. The van der Waals surface area contributed by atoms with Crippen molar-refractivity contribution in [2.24, 2.45) is 0 Å². The lowest BCUT2D eigenvalue weighted by atomic mass is 10.3. The van der Waals surface area contributed by atoms with E-state index in [-0.39, 0.29) is 32.8 Å². The van der Waals surface area contributed by atoms with E-state index >= 15 is 0 Å². The second-order valence-electron chi connectivity index (χ2n) is 4.84. The molecule has 1 saturated heterocycles. The Morgan fingerprint density at radius 2 is 2.10 bits per heavy atom. The minimum absolute atomic E-state index is 0.0951. The number of nitrogens with two attached hydrogens (primary N) is 1. The molecule has 0 radical (unpaired) electrons. The van der Waals surface area contributed by atoms with Crippen molar-refractivity contribution in [2.45, 2.75) is 24.7 Å². The van der Waals surface area contributed by atoms with Crippen LogP contribution >= 0.6 is 23.2 Å². The van der Waals surface area contributed by atoms with Crippen LogP contribution < -0.4 is 11.1 Å². The topological polar surface area (TPSA) is 81.4 Å². The monoisotopic (exact) mass is 350 g/mol. The predicted molar refractivity (Wildman–Crippen MR) is 86.3 cm³/mol. The van der Waals surface area contributed by atoms with Gasteiger partial charge < -0.3 is 15.8 Å². The molecule has 1 aliphatic rings. The van der Waals surface area contributed by atoms with Gasteiger partial charge in [-0.25, -0.2) is 0 Å². The molecular weight excluding hydrogens is 335 g/mol. The molecule has 0 saturated carbocycles. The molecule has 3 N–H and O–H groups in total. The molecule has 2 rings (SSSR count). The molecule has 3 unspecified atom stereocenters. The first-order valence-corrected chi connectivity index (χ1v) is 8.55. The van der Waals surface area contributed by atoms with Crippen LogP contribution in [0.4, 0.5) is 11.4 Å². The minimum atomic E-state index is -1.29. The molecule has 0 aliphatic carbocycles. The van der Waals surface area contributed by atoms with Gasteiger partial charge in [0.1, 0.15) is 5.75 Å². The fraction of sp³-hybridized carbons (Fsp3) is 0.462. The van der Waals surface area contributed by atoms with Crippen molar-refractivity contribution in [3.05, 3.63) is 22.2 Å². The maximum atomic E-state index is 12.2. The Morgan fingerprint density at radius 1 is 1.48 bits per heavy atom. The molecule has 1 aromatic carbocycles. The Bertz CT molecular complexity index is 560. The van der Waals surface area contributed by atoms with Gasteiger partial charge >= 0.3 is 0 Å². The van der Waals surface area contributed by atoms with Crippen LogP contribution in [0.5, 0.6) is 0 Å². The van der Waals surface area contributed by atoms with Gasteiger partial charge in [-0.3, -0.25) is 9.00 Å². The molecule has 1 amide bonds. The summed E-state index contributed by atoms with van der Waals surface area (Å²) in [5, 5.41) is 2.96. The smallest absolute Gasteiger partial charge is 0.237 e. The summed E-state index contributed by atoms with van der Waals surface area (Å²) >= 11 is 12.0. The number of halogens is 2. The number of nitrogens with one attached hydrogen (secondary N) is 1. The molecule has 1 aliphatic heterocycles. The Hall–Kier alpha value is -0.820. The van der Waals surface area contributed by atoms with Crippen LogP contribution in [0.2, 0.25) is 10.0 Å². The summed E-state index contributed by atoms with van der Waals surface area (Å²) in [6.07, 6.45) is 0.604. The third kappa shape index (κ3) is 4.10. The zero-order valence-corrected chi connectivity index (χ0v) is 13.7. The molecule has 0 bridgehead atoms. The number of benzene rings is 1. The van der Waals surface area contributed by atoms with E-state index in [1.165, 1.54) is 12.1 Å². The highest BCUT2D eigenvalue weighted by molar-refractivity contribution is 7.86. The lowest BCUT2D eigenvalue weighted by Gasteiger charge is -2.14. The number of hydrogen-bond donors (Lipinski definition) is 2. The van der Waals surface area contributed by atoms with Crippen molar-refractivity contribution >= 4 is 51.3 Å². The first-order chi connectivity index (χ1) is 9.88. The Kier molecular flexibility index (Phi) is 5.48. The summed E-state index contributed by atoms with van der Waals surface area (Å²) in [7, 11) is -1.29. The lowest BCUT2D eigenvalue weighted by Crippen LogP contribution is -2.30. The normalized spacial score (nSPS) is 23.0. The molecule has 3 atom stereocenters. The third-order valence-corrected chi connectivity index (χ3v) is 5.68. The van der Waals surface area contributed by atoms with Crippen molar-refractivity contribution in [1.29, 1.82) is 0 Å². The zero-order valence-electron chi connectivity index (χ0n) is 11.4. The van der Waals surface area contributed by atoms with Gasteiger partial charge in [0.25, 0.3) is 0 Å². The SMILES string of the molecule is CC1OCCC1S(=O)CC(=O)Nc1c(Cl)cc(N)cc1Cl. The second kappa shape index (κ2) is 6.96. The van der Waals surface area contributed by atoms with Crippen LogP contribution in [0.1, 0.15) is 13.3 Å². The zero-order chi connectivity index (χ0) is 15.6. The van der Waals surface area contributed by atoms with Crippen LogP contribution in [0.15, 0.2) is 12.1 Å². The number of carbonyl (C=O) groups excluding carboxylic acids is 1. The number of carbonyl (C=O) groups is 1. The van der Waals surface area contributed by atoms with Gasteiger partial charge in [-0.2, -0.15) is 0 Å². The van der Waals surface area contributed by atoms with E-state index in [1.807, 2.05) is 6.92 Å². The molecule has 8 heteroatoms. The van der Waals surface area contributed by atoms with Crippen LogP contribution in [0.25, 0.3) is 0 Å². The lowest BCUT2D eigenvalue weighted by molar-refractivity contribution is -0.113. The van der Waals surface area contributed by atoms with Crippen molar-refractivity contribution in [3.63, 3.8) is 0 Å². The van der Waals surface area contributed by atoms with E-state index in [2.05, 4.69) is 5.32 Å². The van der Waals surface area contributed by atoms with Gasteiger partial charge in [0.2, 0.25) is 5.91 Å². The number of amides is 1. The molecule has 1 aromatic rings. The van der Waals surface area contributed by atoms with Crippen LogP contribution in [-0.2, 0) is 20.3 Å². The largest absolute Gasteiger partial charge is 0.399 e. The van der Waals surface area contributed by atoms with E-state index in [9.17, 15) is 9.00 Å². The Balaban J connectivity index is 2.01. The number of rotatable bonds is 4. The first-order valence-electron chi connectivity index (χ1n) is 6.41. The third-order valence-electron chi connectivity index (χ3n) is 3.25. The molecule has 116 valence electrons. The number of nitrogen functional groups attached to an aromatic ring is 1. The average Bonchev–Trinajstić information content (AvgIpc) is 2.80. The molecule has 21 heavy (non-hydrogen) atoms. The standard InChI is InChI=1S/C13H16Cl2N2O3S/c1-7-11(2-3-20-7)21(19)6-12(18)17-13-9(14)4-8(16)5-10(13)15/h4-5,7,11H,2-3,6,16H2,1H3,(H,17,18). The van der Waals surface area contributed by atoms with E-state index in [0.717, 1.165) is 0 Å². The van der Waals surface area contributed by atoms with Gasteiger partial charge in [0, 0.05) is 23.1 Å². The van der Waals surface area contributed by atoms with Crippen molar-refractivity contribution in [2.75, 3.05) is 23.4 Å². The number of ether oxygens (including phenoxy) is 1. The summed E-state index contributed by atoms with van der Waals surface area (Å²) in [6, 6.07) is 2.99. The van der Waals surface area contributed by atoms with Gasteiger partial charge in [0.15, 0.2) is 0 Å². The minimum Gasteiger partial charge on any atom is -0.399 e. The molecule has 5 nitrogen and oxygen atoms in total. The summed E-state index contributed by atoms with van der Waals surface area (Å²) in [4.78, 5) is 12.0. The summed E-state index contributed by atoms with van der Waals surface area (Å²) < 4.78 is 17.5. The molecule has 1 fully saturated rings. The highest BCUT2D eigenvalue weighted by atomic mass is 35.5. The number of hydrogen-bond acceptors (Lipinski definition) is 4. The molecular formula is C13H16Cl2N2O3S. The van der Waals surface area contributed by atoms with Crippen LogP contribution in [-0.4, -0.2) is 33.8 Å². The quantitative estimate of drug-likeness (QED) is 0.817. The highest BCUT2D eigenvalue weighted by Gasteiger charge is 2.30. The summed E-state index contributed by atoms with van der Waals surface area (Å²) in [6.45, 7) is 2.44. The van der Waals surface area contributed by atoms with Gasteiger partial charge in [-0.15, -0.1) is 0 Å². The van der Waals surface area contributed by atoms with Gasteiger partial charge in [-0.1, -0.05) is 23.2 Å². The Labute approximate surface area is 135 Å².